The summed E-state index contributed by atoms with van der Waals surface area (Å²) in [6, 6.07) is 3.22. The van der Waals surface area contributed by atoms with E-state index in [4.69, 9.17) is 4.74 Å². The monoisotopic (exact) mass is 442 g/mol. The fourth-order valence-electron chi connectivity index (χ4n) is 1.60. The van der Waals surface area contributed by atoms with Gasteiger partial charge in [-0.3, -0.25) is 9.79 Å². The number of amides is 1. The zero-order valence-corrected chi connectivity index (χ0v) is 15.3. The van der Waals surface area contributed by atoms with Crippen LogP contribution in [-0.4, -0.2) is 45.7 Å². The lowest BCUT2D eigenvalue weighted by Crippen LogP contribution is -2.43. The first kappa shape index (κ1) is 21.5. The second kappa shape index (κ2) is 12.0. The summed E-state index contributed by atoms with van der Waals surface area (Å²) in [5.41, 5.74) is 0.174. The summed E-state index contributed by atoms with van der Waals surface area (Å²) in [7, 11) is 3.06. The molecule has 0 heterocycles. The Morgan fingerprint density at radius 3 is 2.65 bits per heavy atom. The van der Waals surface area contributed by atoms with Crippen LogP contribution in [0.15, 0.2) is 23.2 Å². The molecular formula is C14H21F2IN4O2. The van der Waals surface area contributed by atoms with Gasteiger partial charge in [-0.2, -0.15) is 0 Å². The molecule has 0 saturated carbocycles. The molecule has 0 atom stereocenters. The topological polar surface area (TPSA) is 74.8 Å². The molecule has 3 N–H and O–H groups in total. The van der Waals surface area contributed by atoms with Gasteiger partial charge in [-0.05, 0) is 18.2 Å². The van der Waals surface area contributed by atoms with Crippen molar-refractivity contribution < 1.29 is 18.3 Å². The van der Waals surface area contributed by atoms with E-state index in [-0.39, 0.29) is 48.5 Å². The van der Waals surface area contributed by atoms with Crippen molar-refractivity contribution in [1.82, 2.24) is 16.0 Å². The molecule has 0 bridgehead atoms. The van der Waals surface area contributed by atoms with E-state index in [1.807, 2.05) is 0 Å². The summed E-state index contributed by atoms with van der Waals surface area (Å²) >= 11 is 0. The molecule has 0 aliphatic carbocycles. The number of nitrogens with one attached hydrogen (secondary N) is 3. The highest BCUT2D eigenvalue weighted by molar-refractivity contribution is 14.0. The first-order valence-corrected chi connectivity index (χ1v) is 6.71. The molecule has 0 saturated heterocycles. The Labute approximate surface area is 151 Å². The van der Waals surface area contributed by atoms with Crippen LogP contribution in [0.3, 0.4) is 0 Å². The lowest BCUT2D eigenvalue weighted by Gasteiger charge is -2.12. The number of hydrogen-bond acceptors (Lipinski definition) is 3. The van der Waals surface area contributed by atoms with Crippen LogP contribution in [0.1, 0.15) is 5.56 Å². The van der Waals surface area contributed by atoms with Crippen LogP contribution in [0, 0.1) is 11.6 Å². The Kier molecular flexibility index (Phi) is 11.2. The maximum Gasteiger partial charge on any atom is 0.239 e. The quantitative estimate of drug-likeness (QED) is 0.255. The largest absolute Gasteiger partial charge is 0.383 e. The minimum atomic E-state index is -0.515. The van der Waals surface area contributed by atoms with Crippen molar-refractivity contribution in [1.29, 1.82) is 0 Å². The summed E-state index contributed by atoms with van der Waals surface area (Å²) in [6.07, 6.45) is 0. The molecule has 0 fully saturated rings. The maximum atomic E-state index is 13.5. The Hall–Kier alpha value is -1.49. The Bertz CT molecular complexity index is 529. The van der Waals surface area contributed by atoms with E-state index in [0.29, 0.717) is 19.1 Å². The molecule has 1 aromatic rings. The predicted octanol–water partition coefficient (Wildman–Crippen LogP) is 1.01. The minimum absolute atomic E-state index is 0. The Morgan fingerprint density at radius 1 is 1.26 bits per heavy atom. The number of ether oxygens (including phenoxy) is 1. The van der Waals surface area contributed by atoms with Gasteiger partial charge in [-0.25, -0.2) is 8.78 Å². The van der Waals surface area contributed by atoms with Crippen LogP contribution < -0.4 is 16.0 Å². The van der Waals surface area contributed by atoms with E-state index in [0.717, 1.165) is 18.2 Å². The number of hydrogen-bond donors (Lipinski definition) is 3. The number of rotatable bonds is 7. The van der Waals surface area contributed by atoms with Gasteiger partial charge in [-0.1, -0.05) is 0 Å². The van der Waals surface area contributed by atoms with Gasteiger partial charge in [0.2, 0.25) is 5.91 Å². The van der Waals surface area contributed by atoms with Crippen LogP contribution >= 0.6 is 24.0 Å². The second-order valence-electron chi connectivity index (χ2n) is 4.36. The molecule has 130 valence electrons. The molecule has 6 nitrogen and oxygen atoms in total. The van der Waals surface area contributed by atoms with Crippen molar-refractivity contribution in [2.45, 2.75) is 6.54 Å². The molecule has 0 aliphatic heterocycles. The number of benzene rings is 1. The van der Waals surface area contributed by atoms with Gasteiger partial charge in [-0.15, -0.1) is 24.0 Å². The van der Waals surface area contributed by atoms with Crippen LogP contribution in [0.2, 0.25) is 0 Å². The fraction of sp³-hybridized carbons (Fsp3) is 0.429. The fourth-order valence-corrected chi connectivity index (χ4v) is 1.60. The first-order chi connectivity index (χ1) is 10.6. The van der Waals surface area contributed by atoms with E-state index in [2.05, 4.69) is 20.9 Å². The minimum Gasteiger partial charge on any atom is -0.383 e. The van der Waals surface area contributed by atoms with Crippen molar-refractivity contribution in [3.05, 3.63) is 35.4 Å². The summed E-state index contributed by atoms with van der Waals surface area (Å²) in [5.74, 6) is -0.942. The van der Waals surface area contributed by atoms with E-state index < -0.39 is 11.6 Å². The molecule has 0 radical (unpaired) electrons. The summed E-state index contributed by atoms with van der Waals surface area (Å²) in [5, 5.41) is 8.21. The normalized spacial score (nSPS) is 10.7. The van der Waals surface area contributed by atoms with Gasteiger partial charge in [0.1, 0.15) is 11.6 Å². The molecule has 9 heteroatoms. The molecular weight excluding hydrogens is 421 g/mol. The molecule has 0 unspecified atom stereocenters. The van der Waals surface area contributed by atoms with Gasteiger partial charge in [0.05, 0.1) is 13.2 Å². The third-order valence-corrected chi connectivity index (χ3v) is 2.72. The number of carbonyl (C=O) groups is 1. The Balaban J connectivity index is 0.00000484. The first-order valence-electron chi connectivity index (χ1n) is 6.71. The zero-order chi connectivity index (χ0) is 16.4. The molecule has 0 aliphatic rings. The number of halogens is 3. The van der Waals surface area contributed by atoms with Crippen LogP contribution in [0.4, 0.5) is 8.78 Å². The van der Waals surface area contributed by atoms with Gasteiger partial charge in [0.15, 0.2) is 5.96 Å². The SMILES string of the molecule is CN=C(NCC(=O)NCCOC)NCc1cc(F)ccc1F.I. The van der Waals surface area contributed by atoms with Gasteiger partial charge < -0.3 is 20.7 Å². The highest BCUT2D eigenvalue weighted by Crippen LogP contribution is 2.08. The van der Waals surface area contributed by atoms with Crippen molar-refractivity contribution in [2.24, 2.45) is 4.99 Å². The highest BCUT2D eigenvalue weighted by Gasteiger charge is 2.06. The summed E-state index contributed by atoms with van der Waals surface area (Å²) < 4.78 is 31.3. The second-order valence-corrected chi connectivity index (χ2v) is 4.36. The molecule has 1 rings (SSSR count). The van der Waals surface area contributed by atoms with E-state index >= 15 is 0 Å². The van der Waals surface area contributed by atoms with Crippen molar-refractivity contribution >= 4 is 35.8 Å². The van der Waals surface area contributed by atoms with Gasteiger partial charge in [0.25, 0.3) is 0 Å². The number of guanidine groups is 1. The van der Waals surface area contributed by atoms with Crippen molar-refractivity contribution in [2.75, 3.05) is 33.9 Å². The van der Waals surface area contributed by atoms with E-state index in [9.17, 15) is 13.6 Å². The third kappa shape index (κ3) is 8.65. The van der Waals surface area contributed by atoms with E-state index in [1.54, 1.807) is 7.11 Å². The molecule has 1 amide bonds. The lowest BCUT2D eigenvalue weighted by molar-refractivity contribution is -0.120. The summed E-state index contributed by atoms with van der Waals surface area (Å²) in [4.78, 5) is 15.4. The number of carbonyl (C=O) groups excluding carboxylic acids is 1. The molecule has 23 heavy (non-hydrogen) atoms. The van der Waals surface area contributed by atoms with Crippen molar-refractivity contribution in [3.8, 4) is 0 Å². The zero-order valence-electron chi connectivity index (χ0n) is 13.0. The third-order valence-electron chi connectivity index (χ3n) is 2.72. The summed E-state index contributed by atoms with van der Waals surface area (Å²) in [6.45, 7) is 0.901. The van der Waals surface area contributed by atoms with E-state index in [1.165, 1.54) is 7.05 Å². The smallest absolute Gasteiger partial charge is 0.239 e. The number of nitrogens with zero attached hydrogens (tertiary/aromatic N) is 1. The highest BCUT2D eigenvalue weighted by atomic mass is 127. The molecule has 1 aromatic carbocycles. The Morgan fingerprint density at radius 2 is 2.00 bits per heavy atom. The van der Waals surface area contributed by atoms with Gasteiger partial charge >= 0.3 is 0 Å². The lowest BCUT2D eigenvalue weighted by atomic mass is 10.2. The average molecular weight is 442 g/mol. The van der Waals surface area contributed by atoms with Crippen LogP contribution in [-0.2, 0) is 16.1 Å². The number of methoxy groups -OCH3 is 1. The molecule has 0 aromatic heterocycles. The van der Waals surface area contributed by atoms with Gasteiger partial charge in [0, 0.05) is 32.8 Å². The molecule has 0 spiro atoms. The number of aliphatic imine (C=N–C) groups is 1. The van der Waals surface area contributed by atoms with Crippen LogP contribution in [0.5, 0.6) is 0 Å². The standard InChI is InChI=1S/C14H20F2N4O2.HI/c1-17-14(20-9-13(21)18-5-6-22-2)19-8-10-7-11(15)3-4-12(10)16;/h3-4,7H,5-6,8-9H2,1-2H3,(H,18,21)(H2,17,19,20);1H. The van der Waals surface area contributed by atoms with Crippen LogP contribution in [0.25, 0.3) is 0 Å². The maximum absolute atomic E-state index is 13.5. The average Bonchev–Trinajstić information content (AvgIpc) is 2.51. The predicted molar refractivity (Wildman–Crippen MR) is 94.9 cm³/mol. The van der Waals surface area contributed by atoms with Crippen molar-refractivity contribution in [3.63, 3.8) is 0 Å².